The number of nitrogens with one attached hydrogen (secondary N) is 1. The zero-order valence-corrected chi connectivity index (χ0v) is 14.7. The molecule has 0 saturated heterocycles. The van der Waals surface area contributed by atoms with Crippen LogP contribution >= 0.6 is 0 Å². The molecule has 1 saturated carbocycles. The summed E-state index contributed by atoms with van der Waals surface area (Å²) in [6.45, 7) is 3.74. The first kappa shape index (κ1) is 17.1. The van der Waals surface area contributed by atoms with E-state index in [2.05, 4.69) is 22.0 Å². The SMILES string of the molecule is C=CC(=O)NCc1ncc(-c2ccc(F)cc2)cc1-c1ccn(C2CC2)n1. The molecule has 3 aromatic rings. The van der Waals surface area contributed by atoms with Crippen molar-refractivity contribution in [3.05, 3.63) is 73.0 Å². The zero-order valence-electron chi connectivity index (χ0n) is 14.7. The Kier molecular flexibility index (Phi) is 4.54. The number of halogens is 1. The van der Waals surface area contributed by atoms with Crippen LogP contribution in [-0.2, 0) is 11.3 Å². The van der Waals surface area contributed by atoms with Gasteiger partial charge in [-0.1, -0.05) is 18.7 Å². The van der Waals surface area contributed by atoms with Gasteiger partial charge in [0.2, 0.25) is 5.91 Å². The standard InChI is InChI=1S/C21H19FN4O/c1-2-21(27)24-13-20-18(19-9-10-26(25-19)17-7-8-17)11-15(12-23-20)14-3-5-16(22)6-4-14/h2-6,9-12,17H,1,7-8,13H2,(H,24,27). The summed E-state index contributed by atoms with van der Waals surface area (Å²) in [5, 5.41) is 7.45. The molecule has 2 heterocycles. The minimum atomic E-state index is -0.279. The van der Waals surface area contributed by atoms with Crippen LogP contribution in [-0.4, -0.2) is 20.7 Å². The second-order valence-electron chi connectivity index (χ2n) is 6.56. The molecular formula is C21H19FN4O. The predicted molar refractivity (Wildman–Crippen MR) is 101 cm³/mol. The molecular weight excluding hydrogens is 343 g/mol. The molecule has 1 N–H and O–H groups in total. The monoisotopic (exact) mass is 362 g/mol. The third kappa shape index (κ3) is 3.79. The molecule has 6 heteroatoms. The third-order valence-electron chi connectivity index (χ3n) is 4.57. The lowest BCUT2D eigenvalue weighted by molar-refractivity contribution is -0.116. The van der Waals surface area contributed by atoms with Crippen LogP contribution in [0.25, 0.3) is 22.4 Å². The number of carbonyl (C=O) groups excluding carboxylic acids is 1. The van der Waals surface area contributed by atoms with Gasteiger partial charge in [0.15, 0.2) is 0 Å². The first-order valence-electron chi connectivity index (χ1n) is 8.84. The number of rotatable bonds is 6. The van der Waals surface area contributed by atoms with Crippen molar-refractivity contribution in [2.75, 3.05) is 0 Å². The van der Waals surface area contributed by atoms with Gasteiger partial charge in [-0.2, -0.15) is 5.10 Å². The molecule has 1 aromatic carbocycles. The molecule has 0 unspecified atom stereocenters. The van der Waals surface area contributed by atoms with Gasteiger partial charge in [-0.15, -0.1) is 0 Å². The van der Waals surface area contributed by atoms with Crippen molar-refractivity contribution in [1.82, 2.24) is 20.1 Å². The van der Waals surface area contributed by atoms with Crippen LogP contribution < -0.4 is 5.32 Å². The van der Waals surface area contributed by atoms with Gasteiger partial charge in [0.1, 0.15) is 5.82 Å². The van der Waals surface area contributed by atoms with Crippen molar-refractivity contribution in [2.45, 2.75) is 25.4 Å². The molecule has 0 spiro atoms. The Labute approximate surface area is 156 Å². The van der Waals surface area contributed by atoms with Crippen LogP contribution in [0, 0.1) is 5.82 Å². The second-order valence-corrected chi connectivity index (χ2v) is 6.56. The molecule has 27 heavy (non-hydrogen) atoms. The van der Waals surface area contributed by atoms with Gasteiger partial charge in [-0.3, -0.25) is 14.5 Å². The number of aromatic nitrogens is 3. The highest BCUT2D eigenvalue weighted by Crippen LogP contribution is 2.35. The van der Waals surface area contributed by atoms with Gasteiger partial charge in [0.25, 0.3) is 0 Å². The molecule has 1 aliphatic carbocycles. The molecule has 1 fully saturated rings. The minimum absolute atomic E-state index is 0.256. The fourth-order valence-electron chi connectivity index (χ4n) is 2.92. The Morgan fingerprint density at radius 2 is 2.04 bits per heavy atom. The zero-order chi connectivity index (χ0) is 18.8. The maximum Gasteiger partial charge on any atom is 0.243 e. The molecule has 4 rings (SSSR count). The molecule has 0 atom stereocenters. The van der Waals surface area contributed by atoms with E-state index in [1.54, 1.807) is 18.3 Å². The Bertz CT molecular complexity index is 990. The minimum Gasteiger partial charge on any atom is -0.347 e. The Morgan fingerprint density at radius 1 is 1.26 bits per heavy atom. The van der Waals surface area contributed by atoms with E-state index < -0.39 is 0 Å². The maximum absolute atomic E-state index is 13.2. The lowest BCUT2D eigenvalue weighted by Gasteiger charge is -2.10. The molecule has 5 nitrogen and oxygen atoms in total. The number of benzene rings is 1. The van der Waals surface area contributed by atoms with Gasteiger partial charge in [-0.05, 0) is 48.7 Å². The summed E-state index contributed by atoms with van der Waals surface area (Å²) in [6.07, 6.45) is 7.23. The highest BCUT2D eigenvalue weighted by Gasteiger charge is 2.24. The first-order valence-corrected chi connectivity index (χ1v) is 8.84. The third-order valence-corrected chi connectivity index (χ3v) is 4.57. The number of pyridine rings is 1. The van der Waals surface area contributed by atoms with Crippen molar-refractivity contribution in [1.29, 1.82) is 0 Å². The molecule has 0 aliphatic heterocycles. The van der Waals surface area contributed by atoms with Crippen LogP contribution in [0.5, 0.6) is 0 Å². The number of hydrogen-bond acceptors (Lipinski definition) is 3. The quantitative estimate of drug-likeness (QED) is 0.677. The van der Waals surface area contributed by atoms with E-state index in [4.69, 9.17) is 0 Å². The lowest BCUT2D eigenvalue weighted by Crippen LogP contribution is -2.21. The fourth-order valence-corrected chi connectivity index (χ4v) is 2.92. The summed E-state index contributed by atoms with van der Waals surface area (Å²) < 4.78 is 15.2. The van der Waals surface area contributed by atoms with Crippen molar-refractivity contribution < 1.29 is 9.18 Å². The van der Waals surface area contributed by atoms with Crippen molar-refractivity contribution in [3.8, 4) is 22.4 Å². The number of carbonyl (C=O) groups is 1. The summed E-state index contributed by atoms with van der Waals surface area (Å²) >= 11 is 0. The summed E-state index contributed by atoms with van der Waals surface area (Å²) in [4.78, 5) is 16.1. The van der Waals surface area contributed by atoms with Crippen LogP contribution in [0.1, 0.15) is 24.6 Å². The van der Waals surface area contributed by atoms with Crippen molar-refractivity contribution >= 4 is 5.91 Å². The van der Waals surface area contributed by atoms with E-state index >= 15 is 0 Å². The predicted octanol–water partition coefficient (Wildman–Crippen LogP) is 3.89. The van der Waals surface area contributed by atoms with E-state index in [9.17, 15) is 9.18 Å². The van der Waals surface area contributed by atoms with E-state index in [0.29, 0.717) is 6.04 Å². The highest BCUT2D eigenvalue weighted by atomic mass is 19.1. The number of nitrogens with zero attached hydrogens (tertiary/aromatic N) is 3. The molecule has 1 aliphatic rings. The number of hydrogen-bond donors (Lipinski definition) is 1. The molecule has 0 bridgehead atoms. The highest BCUT2D eigenvalue weighted by molar-refractivity contribution is 5.87. The van der Waals surface area contributed by atoms with Gasteiger partial charge in [0.05, 0.1) is 24.0 Å². The van der Waals surface area contributed by atoms with Gasteiger partial charge < -0.3 is 5.32 Å². The largest absolute Gasteiger partial charge is 0.347 e. The Balaban J connectivity index is 1.72. The Hall–Kier alpha value is -3.28. The van der Waals surface area contributed by atoms with Crippen LogP contribution in [0.15, 0.2) is 61.4 Å². The van der Waals surface area contributed by atoms with Crippen LogP contribution in [0.3, 0.4) is 0 Å². The molecule has 1 amide bonds. The van der Waals surface area contributed by atoms with Gasteiger partial charge in [-0.25, -0.2) is 4.39 Å². The normalized spacial score (nSPS) is 13.4. The lowest BCUT2D eigenvalue weighted by atomic mass is 10.0. The second kappa shape index (κ2) is 7.15. The first-order chi connectivity index (χ1) is 13.1. The fraction of sp³-hybridized carbons (Fsp3) is 0.190. The van der Waals surface area contributed by atoms with Crippen molar-refractivity contribution in [3.63, 3.8) is 0 Å². The van der Waals surface area contributed by atoms with E-state index in [0.717, 1.165) is 40.9 Å². The summed E-state index contributed by atoms with van der Waals surface area (Å²) in [7, 11) is 0. The van der Waals surface area contributed by atoms with E-state index in [-0.39, 0.29) is 18.3 Å². The molecule has 136 valence electrons. The van der Waals surface area contributed by atoms with E-state index in [1.807, 2.05) is 23.0 Å². The average molecular weight is 362 g/mol. The summed E-state index contributed by atoms with van der Waals surface area (Å²) in [6, 6.07) is 10.7. The van der Waals surface area contributed by atoms with Gasteiger partial charge in [0, 0.05) is 23.5 Å². The summed E-state index contributed by atoms with van der Waals surface area (Å²) in [5.74, 6) is -0.535. The van der Waals surface area contributed by atoms with Crippen molar-refractivity contribution in [2.24, 2.45) is 0 Å². The van der Waals surface area contributed by atoms with Crippen LogP contribution in [0.2, 0.25) is 0 Å². The van der Waals surface area contributed by atoms with Gasteiger partial charge >= 0.3 is 0 Å². The maximum atomic E-state index is 13.2. The summed E-state index contributed by atoms with van der Waals surface area (Å²) in [5.41, 5.74) is 4.11. The Morgan fingerprint density at radius 3 is 2.74 bits per heavy atom. The smallest absolute Gasteiger partial charge is 0.243 e. The topological polar surface area (TPSA) is 59.8 Å². The average Bonchev–Trinajstić information content (AvgIpc) is 3.43. The molecule has 0 radical (unpaired) electrons. The number of amides is 1. The van der Waals surface area contributed by atoms with Crippen LogP contribution in [0.4, 0.5) is 4.39 Å². The molecule has 2 aromatic heterocycles. The van der Waals surface area contributed by atoms with E-state index in [1.165, 1.54) is 18.2 Å².